The summed E-state index contributed by atoms with van der Waals surface area (Å²) >= 11 is 0. The summed E-state index contributed by atoms with van der Waals surface area (Å²) in [5, 5.41) is 37.6. The van der Waals surface area contributed by atoms with Crippen LogP contribution < -0.4 is 4.74 Å². The molecule has 0 aliphatic carbocycles. The molecule has 3 unspecified atom stereocenters. The van der Waals surface area contributed by atoms with Crippen LogP contribution in [-0.2, 0) is 28.4 Å². The van der Waals surface area contributed by atoms with Gasteiger partial charge in [-0.15, -0.1) is 0 Å². The fourth-order valence-electron chi connectivity index (χ4n) is 3.27. The summed E-state index contributed by atoms with van der Waals surface area (Å²) in [5.74, 6) is 0.509. The van der Waals surface area contributed by atoms with Crippen LogP contribution in [-0.4, -0.2) is 129 Å². The second-order valence-electron chi connectivity index (χ2n) is 10.0. The van der Waals surface area contributed by atoms with E-state index >= 15 is 0 Å². The van der Waals surface area contributed by atoms with Gasteiger partial charge in [0.2, 0.25) is 0 Å². The Labute approximate surface area is 259 Å². The number of hydrogen-bond acceptors (Lipinski definition) is 11. The minimum Gasteiger partial charge on any atom is -0.491 e. The molecule has 1 rings (SSSR count). The van der Waals surface area contributed by atoms with Gasteiger partial charge in [-0.25, -0.2) is 0 Å². The minimum atomic E-state index is -5.32. The molecule has 0 radical (unpaired) electrons. The van der Waals surface area contributed by atoms with Crippen LogP contribution in [0.25, 0.3) is 0 Å². The lowest BCUT2D eigenvalue weighted by Crippen LogP contribution is -2.42. The van der Waals surface area contributed by atoms with Gasteiger partial charge in [0, 0.05) is 0 Å². The second kappa shape index (κ2) is 20.4. The Morgan fingerprint density at radius 2 is 0.957 bits per heavy atom. The van der Waals surface area contributed by atoms with Gasteiger partial charge in [0.05, 0.1) is 72.3 Å². The van der Waals surface area contributed by atoms with Gasteiger partial charge in [0.25, 0.3) is 0 Å². The lowest BCUT2D eigenvalue weighted by atomic mass is 10.2. The Balaban J connectivity index is 2.30. The predicted octanol–water partition coefficient (Wildman–Crippen LogP) is 3.09. The molecule has 1 aromatic rings. The Bertz CT molecular complexity index is 945. The van der Waals surface area contributed by atoms with E-state index in [-0.39, 0.29) is 33.0 Å². The van der Waals surface area contributed by atoms with Crippen molar-refractivity contribution in [1.82, 2.24) is 0 Å². The molecule has 4 N–H and O–H groups in total. The number of aliphatic hydroxyl groups excluding tert-OH is 4. The molecular formula is C27H40F8O11. The monoisotopic (exact) mass is 692 g/mol. The van der Waals surface area contributed by atoms with E-state index in [1.165, 1.54) is 0 Å². The Kier molecular flexibility index (Phi) is 18.7. The molecule has 0 saturated heterocycles. The zero-order valence-electron chi connectivity index (χ0n) is 24.9. The van der Waals surface area contributed by atoms with Crippen LogP contribution in [0.5, 0.6) is 5.75 Å². The lowest BCUT2D eigenvalue weighted by Gasteiger charge is -2.28. The highest BCUT2D eigenvalue weighted by molar-refractivity contribution is 5.26. The van der Waals surface area contributed by atoms with Gasteiger partial charge in [-0.3, -0.25) is 9.47 Å². The summed E-state index contributed by atoms with van der Waals surface area (Å²) < 4.78 is 141. The maximum Gasteiger partial charge on any atom is 0.368 e. The lowest BCUT2D eigenvalue weighted by molar-refractivity contribution is -0.432. The number of benzene rings is 1. The smallest absolute Gasteiger partial charge is 0.368 e. The van der Waals surface area contributed by atoms with Crippen LogP contribution in [0.15, 0.2) is 24.3 Å². The summed E-state index contributed by atoms with van der Waals surface area (Å²) in [5.41, 5.74) is 1.01. The zero-order valence-corrected chi connectivity index (χ0v) is 24.9. The molecule has 0 aliphatic rings. The molecule has 0 heterocycles. The van der Waals surface area contributed by atoms with Crippen molar-refractivity contribution in [3.8, 4) is 5.75 Å². The van der Waals surface area contributed by atoms with Gasteiger partial charge in [0.15, 0.2) is 0 Å². The third-order valence-corrected chi connectivity index (χ3v) is 5.33. The molecule has 0 fully saturated rings. The average molecular weight is 693 g/mol. The number of aryl methyl sites for hydroxylation is 1. The molecular weight excluding hydrogens is 652 g/mol. The van der Waals surface area contributed by atoms with Crippen molar-refractivity contribution in [3.63, 3.8) is 0 Å². The minimum absolute atomic E-state index is 0.118. The maximum atomic E-state index is 13.8. The first kappa shape index (κ1) is 42.1. The normalized spacial score (nSPS) is 15.2. The Hall–Kier alpha value is -1.94. The quantitative estimate of drug-likeness (QED) is 0.0798. The molecule has 0 bridgehead atoms. The molecule has 19 heteroatoms. The summed E-state index contributed by atoms with van der Waals surface area (Å²) in [6, 6.07) is 7.00. The molecule has 0 amide bonds. The molecule has 1 aromatic carbocycles. The van der Waals surface area contributed by atoms with Crippen molar-refractivity contribution in [2.24, 2.45) is 0 Å². The molecule has 0 aromatic heterocycles. The van der Waals surface area contributed by atoms with Gasteiger partial charge in [-0.2, -0.15) is 35.1 Å². The van der Waals surface area contributed by atoms with Crippen molar-refractivity contribution in [3.05, 3.63) is 29.8 Å². The van der Waals surface area contributed by atoms with Crippen LogP contribution in [0, 0.1) is 6.92 Å². The fourth-order valence-corrected chi connectivity index (χ4v) is 3.27. The second-order valence-corrected chi connectivity index (χ2v) is 10.0. The molecule has 0 spiro atoms. The van der Waals surface area contributed by atoms with E-state index in [1.54, 1.807) is 24.3 Å². The van der Waals surface area contributed by atoms with Crippen LogP contribution >= 0.6 is 0 Å². The number of aliphatic hydroxyl groups is 4. The molecule has 270 valence electrons. The van der Waals surface area contributed by atoms with E-state index in [9.17, 15) is 50.4 Å². The van der Waals surface area contributed by atoms with E-state index < -0.39 is 95.0 Å². The van der Waals surface area contributed by atoms with E-state index in [1.807, 2.05) is 6.92 Å². The van der Waals surface area contributed by atoms with Gasteiger partial charge in [-0.05, 0) is 19.1 Å². The highest BCUT2D eigenvalue weighted by Gasteiger charge is 2.54. The van der Waals surface area contributed by atoms with Crippen molar-refractivity contribution in [2.45, 2.75) is 68.9 Å². The van der Waals surface area contributed by atoms with Crippen LogP contribution in [0.3, 0.4) is 0 Å². The van der Waals surface area contributed by atoms with Crippen molar-refractivity contribution in [1.29, 1.82) is 0 Å². The highest BCUT2D eigenvalue weighted by atomic mass is 19.3. The van der Waals surface area contributed by atoms with Gasteiger partial charge in [-0.1, -0.05) is 17.7 Å². The van der Waals surface area contributed by atoms with Crippen LogP contribution in [0.2, 0.25) is 0 Å². The number of alkyl halides is 8. The van der Waals surface area contributed by atoms with Crippen molar-refractivity contribution in [2.75, 3.05) is 66.1 Å². The van der Waals surface area contributed by atoms with E-state index in [0.717, 1.165) is 5.56 Å². The van der Waals surface area contributed by atoms with Gasteiger partial charge >= 0.3 is 24.4 Å². The average Bonchev–Trinajstić information content (AvgIpc) is 2.91. The molecule has 0 saturated carbocycles. The molecule has 46 heavy (non-hydrogen) atoms. The van der Waals surface area contributed by atoms with Crippen LogP contribution in [0.4, 0.5) is 35.1 Å². The number of hydrogen-bond donors (Lipinski definition) is 4. The van der Waals surface area contributed by atoms with Gasteiger partial charge < -0.3 is 44.1 Å². The van der Waals surface area contributed by atoms with Crippen molar-refractivity contribution >= 4 is 0 Å². The summed E-state index contributed by atoms with van der Waals surface area (Å²) in [4.78, 5) is 0. The Morgan fingerprint density at radius 1 is 0.565 bits per heavy atom. The predicted molar refractivity (Wildman–Crippen MR) is 141 cm³/mol. The first-order valence-corrected chi connectivity index (χ1v) is 13.9. The maximum absolute atomic E-state index is 13.8. The van der Waals surface area contributed by atoms with E-state index in [2.05, 4.69) is 14.2 Å². The molecule has 0 aliphatic heterocycles. The van der Waals surface area contributed by atoms with E-state index in [0.29, 0.717) is 5.75 Å². The third kappa shape index (κ3) is 21.0. The molecule has 3 atom stereocenters. The first-order chi connectivity index (χ1) is 21.3. The number of halogens is 8. The highest BCUT2D eigenvalue weighted by Crippen LogP contribution is 2.40. The van der Waals surface area contributed by atoms with Gasteiger partial charge in [0.1, 0.15) is 37.1 Å². The summed E-state index contributed by atoms with van der Waals surface area (Å²) in [7, 11) is 0. The summed E-state index contributed by atoms with van der Waals surface area (Å²) in [6.45, 7) is -2.81. The third-order valence-electron chi connectivity index (χ3n) is 5.33. The fraction of sp³-hybridized carbons (Fsp3) is 0.778. The molecule has 11 nitrogen and oxygen atoms in total. The van der Waals surface area contributed by atoms with E-state index in [4.69, 9.17) is 24.1 Å². The summed E-state index contributed by atoms with van der Waals surface area (Å²) in [6.07, 6.45) is -30.0. The number of rotatable bonds is 27. The standard InChI is InChI=1S/C27H40F8O11/c1-19-2-4-23(5-3-19)44-17-22(39)16-43-15-21(38)13-41-10-7-25(30,31)46-27(34,35)18-26(32,33)45-24(28,29)6-9-40-12-20(37)14-42-11-8-36/h2-5,20-22,36-39H,6-18H2,1H3. The number of ether oxygens (including phenoxy) is 7. The first-order valence-electron chi connectivity index (χ1n) is 13.9. The topological polar surface area (TPSA) is 146 Å². The van der Waals surface area contributed by atoms with Crippen molar-refractivity contribution < 1.29 is 88.7 Å². The Morgan fingerprint density at radius 3 is 1.39 bits per heavy atom. The zero-order chi connectivity index (χ0) is 34.9. The SMILES string of the molecule is Cc1ccc(OCC(O)COCC(O)COCCC(F)(F)OC(F)(F)CC(F)(F)OC(F)(F)CCOCC(O)COCCO)cc1. The van der Waals surface area contributed by atoms with Crippen LogP contribution in [0.1, 0.15) is 24.8 Å². The largest absolute Gasteiger partial charge is 0.491 e.